The minimum atomic E-state index is -1.01. The second-order valence-corrected chi connectivity index (χ2v) is 6.20. The van der Waals surface area contributed by atoms with Crippen LogP contribution < -0.4 is 5.32 Å². The fourth-order valence-electron chi connectivity index (χ4n) is 2.41. The Morgan fingerprint density at radius 3 is 2.73 bits per heavy atom. The van der Waals surface area contributed by atoms with E-state index in [2.05, 4.69) is 10.3 Å². The maximum Gasteiger partial charge on any atom is 0.326 e. The van der Waals surface area contributed by atoms with Gasteiger partial charge in [0.1, 0.15) is 6.04 Å². The SMILES string of the molecule is CC(C)CC(NC(=O)Cc1c[nH]c2ccc(Cl)cc12)C(=O)O. The van der Waals surface area contributed by atoms with Crippen LogP contribution in [0.3, 0.4) is 0 Å². The lowest BCUT2D eigenvalue weighted by atomic mass is 10.0. The molecule has 0 radical (unpaired) electrons. The highest BCUT2D eigenvalue weighted by Gasteiger charge is 2.21. The molecular formula is C16H19ClN2O3. The highest BCUT2D eigenvalue weighted by atomic mass is 35.5. The predicted molar refractivity (Wildman–Crippen MR) is 86.0 cm³/mol. The van der Waals surface area contributed by atoms with E-state index in [-0.39, 0.29) is 18.2 Å². The van der Waals surface area contributed by atoms with Crippen molar-refractivity contribution >= 4 is 34.4 Å². The first-order chi connectivity index (χ1) is 10.4. The number of carboxylic acids is 1. The average Bonchev–Trinajstić information content (AvgIpc) is 2.80. The van der Waals surface area contributed by atoms with E-state index in [1.165, 1.54) is 0 Å². The van der Waals surface area contributed by atoms with E-state index in [0.717, 1.165) is 16.5 Å². The number of fused-ring (bicyclic) bond motifs is 1. The third kappa shape index (κ3) is 4.01. The number of carbonyl (C=O) groups excluding carboxylic acids is 1. The molecule has 1 unspecified atom stereocenters. The molecule has 5 nitrogen and oxygen atoms in total. The van der Waals surface area contributed by atoms with Gasteiger partial charge < -0.3 is 15.4 Å². The van der Waals surface area contributed by atoms with Crippen molar-refractivity contribution < 1.29 is 14.7 Å². The highest BCUT2D eigenvalue weighted by molar-refractivity contribution is 6.31. The number of aliphatic carboxylic acids is 1. The summed E-state index contributed by atoms with van der Waals surface area (Å²) in [7, 11) is 0. The van der Waals surface area contributed by atoms with E-state index in [1.54, 1.807) is 18.3 Å². The Morgan fingerprint density at radius 1 is 1.36 bits per heavy atom. The summed E-state index contributed by atoms with van der Waals surface area (Å²) in [6.45, 7) is 3.84. The number of hydrogen-bond acceptors (Lipinski definition) is 2. The van der Waals surface area contributed by atoms with Crippen LogP contribution in [0.1, 0.15) is 25.8 Å². The Balaban J connectivity index is 2.10. The Labute approximate surface area is 133 Å². The van der Waals surface area contributed by atoms with Crippen molar-refractivity contribution in [3.63, 3.8) is 0 Å². The number of carbonyl (C=O) groups is 2. The fourth-order valence-corrected chi connectivity index (χ4v) is 2.58. The van der Waals surface area contributed by atoms with Crippen LogP contribution in [0.25, 0.3) is 10.9 Å². The van der Waals surface area contributed by atoms with Crippen LogP contribution >= 0.6 is 11.6 Å². The first-order valence-electron chi connectivity index (χ1n) is 7.14. The quantitative estimate of drug-likeness (QED) is 0.764. The lowest BCUT2D eigenvalue weighted by molar-refractivity contribution is -0.142. The summed E-state index contributed by atoms with van der Waals surface area (Å²) in [6, 6.07) is 4.55. The zero-order valence-electron chi connectivity index (χ0n) is 12.5. The van der Waals surface area contributed by atoms with Gasteiger partial charge in [-0.1, -0.05) is 25.4 Å². The van der Waals surface area contributed by atoms with Gasteiger partial charge in [0.25, 0.3) is 0 Å². The van der Waals surface area contributed by atoms with Gasteiger partial charge in [0.15, 0.2) is 0 Å². The highest BCUT2D eigenvalue weighted by Crippen LogP contribution is 2.22. The zero-order valence-corrected chi connectivity index (χ0v) is 13.3. The Bertz CT molecular complexity index is 694. The third-order valence-electron chi connectivity index (χ3n) is 3.42. The molecule has 22 heavy (non-hydrogen) atoms. The molecule has 0 spiro atoms. The molecule has 2 rings (SSSR count). The van der Waals surface area contributed by atoms with Crippen LogP contribution in [0.15, 0.2) is 24.4 Å². The first-order valence-corrected chi connectivity index (χ1v) is 7.52. The lowest BCUT2D eigenvalue weighted by Crippen LogP contribution is -2.42. The normalized spacial score (nSPS) is 12.5. The number of H-pyrrole nitrogens is 1. The Kier molecular flexibility index (Phi) is 5.08. The molecule has 0 saturated heterocycles. The largest absolute Gasteiger partial charge is 0.480 e. The maximum atomic E-state index is 12.1. The van der Waals surface area contributed by atoms with Crippen LogP contribution in [0.4, 0.5) is 0 Å². The summed E-state index contributed by atoms with van der Waals surface area (Å²) in [5.41, 5.74) is 1.69. The standard InChI is InChI=1S/C16H19ClN2O3/c1-9(2)5-14(16(21)22)19-15(20)6-10-8-18-13-4-3-11(17)7-12(10)13/h3-4,7-9,14,18H,5-6H2,1-2H3,(H,19,20)(H,21,22). The second-order valence-electron chi connectivity index (χ2n) is 5.77. The number of rotatable bonds is 6. The first kappa shape index (κ1) is 16.4. The summed E-state index contributed by atoms with van der Waals surface area (Å²) in [5, 5.41) is 13.2. The number of halogens is 1. The predicted octanol–water partition coefficient (Wildman–Crippen LogP) is 2.98. The number of nitrogens with one attached hydrogen (secondary N) is 2. The molecular weight excluding hydrogens is 304 g/mol. The minimum absolute atomic E-state index is 0.113. The number of benzene rings is 1. The van der Waals surface area contributed by atoms with Gasteiger partial charge in [0.2, 0.25) is 5.91 Å². The van der Waals surface area contributed by atoms with E-state index in [4.69, 9.17) is 16.7 Å². The van der Waals surface area contributed by atoms with Gasteiger partial charge in [-0.15, -0.1) is 0 Å². The molecule has 2 aromatic rings. The van der Waals surface area contributed by atoms with Gasteiger partial charge in [0, 0.05) is 22.1 Å². The van der Waals surface area contributed by atoms with Gasteiger partial charge in [-0.25, -0.2) is 4.79 Å². The molecule has 0 bridgehead atoms. The van der Waals surface area contributed by atoms with Crippen LogP contribution in [-0.2, 0) is 16.0 Å². The summed E-state index contributed by atoms with van der Waals surface area (Å²) in [6.07, 6.45) is 2.27. The van der Waals surface area contributed by atoms with E-state index >= 15 is 0 Å². The molecule has 1 aromatic heterocycles. The van der Waals surface area contributed by atoms with Crippen molar-refractivity contribution in [1.29, 1.82) is 0 Å². The molecule has 0 aliphatic heterocycles. The molecule has 1 heterocycles. The summed E-state index contributed by atoms with van der Waals surface area (Å²) in [5.74, 6) is -1.13. The molecule has 1 amide bonds. The number of carboxylic acid groups (broad SMARTS) is 1. The molecule has 0 aliphatic rings. The molecule has 1 atom stereocenters. The lowest BCUT2D eigenvalue weighted by Gasteiger charge is -2.16. The van der Waals surface area contributed by atoms with Crippen molar-refractivity contribution in [3.8, 4) is 0 Å². The molecule has 6 heteroatoms. The monoisotopic (exact) mass is 322 g/mol. The summed E-state index contributed by atoms with van der Waals surface area (Å²) in [4.78, 5) is 26.4. The van der Waals surface area contributed by atoms with Crippen LogP contribution in [-0.4, -0.2) is 28.0 Å². The molecule has 0 fully saturated rings. The van der Waals surface area contributed by atoms with Crippen molar-refractivity contribution in [2.75, 3.05) is 0 Å². The minimum Gasteiger partial charge on any atom is -0.480 e. The smallest absolute Gasteiger partial charge is 0.326 e. The molecule has 3 N–H and O–H groups in total. The van der Waals surface area contributed by atoms with Crippen molar-refractivity contribution in [2.24, 2.45) is 5.92 Å². The van der Waals surface area contributed by atoms with Crippen LogP contribution in [0.2, 0.25) is 5.02 Å². The van der Waals surface area contributed by atoms with Crippen molar-refractivity contribution in [2.45, 2.75) is 32.7 Å². The number of aromatic amines is 1. The Morgan fingerprint density at radius 2 is 2.09 bits per heavy atom. The topological polar surface area (TPSA) is 82.2 Å². The van der Waals surface area contributed by atoms with Gasteiger partial charge >= 0.3 is 5.97 Å². The summed E-state index contributed by atoms with van der Waals surface area (Å²) >= 11 is 5.98. The van der Waals surface area contributed by atoms with E-state index in [1.807, 2.05) is 19.9 Å². The summed E-state index contributed by atoms with van der Waals surface area (Å²) < 4.78 is 0. The molecule has 118 valence electrons. The second kappa shape index (κ2) is 6.83. The Hall–Kier alpha value is -2.01. The van der Waals surface area contributed by atoms with Gasteiger partial charge in [-0.05, 0) is 36.1 Å². The molecule has 0 saturated carbocycles. The van der Waals surface area contributed by atoms with Crippen LogP contribution in [0.5, 0.6) is 0 Å². The third-order valence-corrected chi connectivity index (χ3v) is 3.66. The van der Waals surface area contributed by atoms with Gasteiger partial charge in [0.05, 0.1) is 6.42 Å². The number of hydrogen-bond donors (Lipinski definition) is 3. The number of aromatic nitrogens is 1. The number of amides is 1. The van der Waals surface area contributed by atoms with E-state index in [0.29, 0.717) is 11.4 Å². The molecule has 0 aliphatic carbocycles. The van der Waals surface area contributed by atoms with Crippen molar-refractivity contribution in [3.05, 3.63) is 35.0 Å². The van der Waals surface area contributed by atoms with Gasteiger partial charge in [-0.3, -0.25) is 4.79 Å². The van der Waals surface area contributed by atoms with E-state index in [9.17, 15) is 9.59 Å². The zero-order chi connectivity index (χ0) is 16.3. The van der Waals surface area contributed by atoms with Gasteiger partial charge in [-0.2, -0.15) is 0 Å². The van der Waals surface area contributed by atoms with E-state index < -0.39 is 12.0 Å². The average molecular weight is 323 g/mol. The maximum absolute atomic E-state index is 12.1. The fraction of sp³-hybridized carbons (Fsp3) is 0.375. The van der Waals surface area contributed by atoms with Crippen molar-refractivity contribution in [1.82, 2.24) is 10.3 Å². The molecule has 1 aromatic carbocycles. The van der Waals surface area contributed by atoms with Crippen LogP contribution in [0, 0.1) is 5.92 Å².